The Labute approximate surface area is 168 Å². The van der Waals surface area contributed by atoms with Gasteiger partial charge in [0.15, 0.2) is 0 Å². The number of amides is 2. The van der Waals surface area contributed by atoms with Crippen molar-refractivity contribution in [3.63, 3.8) is 0 Å². The number of rotatable bonds is 4. The predicted molar refractivity (Wildman–Crippen MR) is 104 cm³/mol. The van der Waals surface area contributed by atoms with E-state index in [2.05, 4.69) is 0 Å². The number of carbonyl (C=O) groups is 3. The second-order valence-corrected chi connectivity index (χ2v) is 7.70. The normalized spacial score (nSPS) is 13.3. The Hall–Kier alpha value is -2.41. The van der Waals surface area contributed by atoms with Crippen LogP contribution in [0.25, 0.3) is 10.1 Å². The van der Waals surface area contributed by atoms with Crippen LogP contribution >= 0.6 is 34.5 Å². The fraction of sp³-hybridized carbons (Fsp3) is 0.105. The maximum Gasteiger partial charge on any atom is 0.349 e. The molecule has 1 aromatic heterocycles. The molecule has 0 aliphatic carbocycles. The molecule has 1 aliphatic rings. The summed E-state index contributed by atoms with van der Waals surface area (Å²) in [4.78, 5) is 38.3. The average Bonchev–Trinajstić information content (AvgIpc) is 3.11. The highest BCUT2D eigenvalue weighted by molar-refractivity contribution is 7.21. The maximum absolute atomic E-state index is 12.4. The highest BCUT2D eigenvalue weighted by Crippen LogP contribution is 2.37. The van der Waals surface area contributed by atoms with E-state index >= 15 is 0 Å². The fourth-order valence-corrected chi connectivity index (χ4v) is 4.59. The molecule has 0 atom stereocenters. The molecule has 0 saturated carbocycles. The van der Waals surface area contributed by atoms with Gasteiger partial charge in [0.05, 0.1) is 22.7 Å². The lowest BCUT2D eigenvalue weighted by molar-refractivity contribution is 0.0425. The van der Waals surface area contributed by atoms with Gasteiger partial charge in [-0.3, -0.25) is 14.5 Å². The van der Waals surface area contributed by atoms with E-state index in [1.165, 1.54) is 11.3 Å². The standard InChI is InChI=1S/C19H11Cl2NO4S/c20-10-5-6-13-14(9-10)27-16(15(13)21)19(25)26-8-7-22-17(23)11-3-1-2-4-12(11)18(22)24/h1-6,9H,7-8H2. The van der Waals surface area contributed by atoms with Crippen LogP contribution in [-0.2, 0) is 4.74 Å². The number of carbonyl (C=O) groups excluding carboxylic acids is 3. The lowest BCUT2D eigenvalue weighted by Crippen LogP contribution is -2.33. The first-order valence-corrected chi connectivity index (χ1v) is 9.54. The molecule has 2 amide bonds. The molecule has 27 heavy (non-hydrogen) atoms. The van der Waals surface area contributed by atoms with E-state index in [0.29, 0.717) is 21.2 Å². The largest absolute Gasteiger partial charge is 0.460 e. The summed E-state index contributed by atoms with van der Waals surface area (Å²) >= 11 is 13.4. The minimum absolute atomic E-state index is 0.0214. The lowest BCUT2D eigenvalue weighted by Gasteiger charge is -2.13. The molecule has 0 spiro atoms. The van der Waals surface area contributed by atoms with Crippen LogP contribution in [0.15, 0.2) is 42.5 Å². The van der Waals surface area contributed by atoms with E-state index in [0.717, 1.165) is 15.0 Å². The number of nitrogens with zero attached hydrogens (tertiary/aromatic N) is 1. The zero-order valence-electron chi connectivity index (χ0n) is 13.7. The first-order chi connectivity index (χ1) is 13.0. The number of hydrogen-bond donors (Lipinski definition) is 0. The van der Waals surface area contributed by atoms with Gasteiger partial charge in [0.1, 0.15) is 11.5 Å². The predicted octanol–water partition coefficient (Wildman–Crippen LogP) is 4.66. The zero-order valence-corrected chi connectivity index (χ0v) is 16.0. The van der Waals surface area contributed by atoms with Gasteiger partial charge in [-0.1, -0.05) is 41.4 Å². The molecule has 3 aromatic rings. The van der Waals surface area contributed by atoms with Crippen molar-refractivity contribution in [1.82, 2.24) is 4.90 Å². The van der Waals surface area contributed by atoms with Gasteiger partial charge >= 0.3 is 5.97 Å². The van der Waals surface area contributed by atoms with Gasteiger partial charge in [0.25, 0.3) is 11.8 Å². The number of fused-ring (bicyclic) bond motifs is 2. The summed E-state index contributed by atoms with van der Waals surface area (Å²) < 4.78 is 6.01. The number of halogens is 2. The Morgan fingerprint density at radius 2 is 1.70 bits per heavy atom. The molecule has 2 aromatic carbocycles. The molecule has 0 saturated heterocycles. The molecular formula is C19H11Cl2NO4S. The first kappa shape index (κ1) is 18.0. The van der Waals surface area contributed by atoms with Crippen LogP contribution in [0.1, 0.15) is 30.4 Å². The average molecular weight is 420 g/mol. The fourth-order valence-electron chi connectivity index (χ4n) is 2.91. The third-order valence-corrected chi connectivity index (χ3v) is 6.08. The summed E-state index contributed by atoms with van der Waals surface area (Å²) in [7, 11) is 0. The van der Waals surface area contributed by atoms with Crippen molar-refractivity contribution in [2.75, 3.05) is 13.2 Å². The number of ether oxygens (including phenoxy) is 1. The minimum Gasteiger partial charge on any atom is -0.460 e. The molecule has 1 aliphatic heterocycles. The van der Waals surface area contributed by atoms with Crippen LogP contribution in [0, 0.1) is 0 Å². The van der Waals surface area contributed by atoms with Gasteiger partial charge < -0.3 is 4.74 Å². The first-order valence-electron chi connectivity index (χ1n) is 7.97. The van der Waals surface area contributed by atoms with Crippen molar-refractivity contribution < 1.29 is 19.1 Å². The number of hydrogen-bond acceptors (Lipinski definition) is 5. The van der Waals surface area contributed by atoms with Crippen LogP contribution in [0.3, 0.4) is 0 Å². The van der Waals surface area contributed by atoms with Gasteiger partial charge in [-0.15, -0.1) is 11.3 Å². The molecule has 0 unspecified atom stereocenters. The number of esters is 1. The van der Waals surface area contributed by atoms with E-state index in [-0.39, 0.29) is 29.8 Å². The van der Waals surface area contributed by atoms with Crippen LogP contribution in [0.5, 0.6) is 0 Å². The van der Waals surface area contributed by atoms with Crippen molar-refractivity contribution in [1.29, 1.82) is 0 Å². The topological polar surface area (TPSA) is 63.7 Å². The Bertz CT molecular complexity index is 1070. The van der Waals surface area contributed by atoms with Crippen molar-refractivity contribution in [2.24, 2.45) is 0 Å². The quantitative estimate of drug-likeness (QED) is 0.455. The van der Waals surface area contributed by atoms with Gasteiger partial charge in [0.2, 0.25) is 0 Å². The number of benzene rings is 2. The SMILES string of the molecule is O=C(OCCN1C(=O)c2ccccc2C1=O)c1sc2cc(Cl)ccc2c1Cl. The summed E-state index contributed by atoms with van der Waals surface area (Å²) in [5, 5.41) is 1.57. The van der Waals surface area contributed by atoms with Crippen molar-refractivity contribution >= 4 is 62.4 Å². The zero-order chi connectivity index (χ0) is 19.1. The lowest BCUT2D eigenvalue weighted by atomic mass is 10.1. The summed E-state index contributed by atoms with van der Waals surface area (Å²) in [6, 6.07) is 11.8. The Morgan fingerprint density at radius 3 is 2.37 bits per heavy atom. The van der Waals surface area contributed by atoms with Crippen LogP contribution in [0.2, 0.25) is 10.0 Å². The molecule has 0 radical (unpaired) electrons. The molecule has 8 heteroatoms. The van der Waals surface area contributed by atoms with Crippen molar-refractivity contribution in [3.8, 4) is 0 Å². The van der Waals surface area contributed by atoms with E-state index in [4.69, 9.17) is 27.9 Å². The van der Waals surface area contributed by atoms with Crippen molar-refractivity contribution in [3.05, 3.63) is 68.5 Å². The molecule has 5 nitrogen and oxygen atoms in total. The monoisotopic (exact) mass is 419 g/mol. The smallest absolute Gasteiger partial charge is 0.349 e. The highest BCUT2D eigenvalue weighted by Gasteiger charge is 2.35. The summed E-state index contributed by atoms with van der Waals surface area (Å²) in [6.45, 7) is -0.137. The Balaban J connectivity index is 1.44. The molecular weight excluding hydrogens is 409 g/mol. The Kier molecular flexibility index (Phi) is 4.63. The van der Waals surface area contributed by atoms with Crippen LogP contribution in [-0.4, -0.2) is 35.8 Å². The van der Waals surface area contributed by atoms with E-state index < -0.39 is 5.97 Å². The molecule has 0 bridgehead atoms. The summed E-state index contributed by atoms with van der Waals surface area (Å²) in [6.07, 6.45) is 0. The highest BCUT2D eigenvalue weighted by atomic mass is 35.5. The Morgan fingerprint density at radius 1 is 1.04 bits per heavy atom. The van der Waals surface area contributed by atoms with E-state index in [9.17, 15) is 14.4 Å². The second kappa shape index (κ2) is 6.96. The maximum atomic E-state index is 12.4. The molecule has 2 heterocycles. The number of thiophene rings is 1. The molecule has 0 N–H and O–H groups in total. The number of imide groups is 1. The van der Waals surface area contributed by atoms with Gasteiger partial charge in [-0.05, 0) is 24.3 Å². The minimum atomic E-state index is -0.603. The second-order valence-electron chi connectivity index (χ2n) is 5.83. The van der Waals surface area contributed by atoms with Crippen LogP contribution < -0.4 is 0 Å². The molecule has 0 fully saturated rings. The molecule has 4 rings (SSSR count). The van der Waals surface area contributed by atoms with Gasteiger partial charge in [0, 0.05) is 15.1 Å². The third-order valence-electron chi connectivity index (χ3n) is 4.20. The van der Waals surface area contributed by atoms with E-state index in [1.54, 1.807) is 42.5 Å². The van der Waals surface area contributed by atoms with E-state index in [1.807, 2.05) is 0 Å². The van der Waals surface area contributed by atoms with Crippen molar-refractivity contribution in [2.45, 2.75) is 0 Å². The van der Waals surface area contributed by atoms with Crippen LogP contribution in [0.4, 0.5) is 0 Å². The van der Waals surface area contributed by atoms with Gasteiger partial charge in [-0.2, -0.15) is 0 Å². The summed E-state index contributed by atoms with van der Waals surface area (Å²) in [5.74, 6) is -1.38. The third kappa shape index (κ3) is 3.10. The molecule has 136 valence electrons. The summed E-state index contributed by atoms with van der Waals surface area (Å²) in [5.41, 5.74) is 0.719. The van der Waals surface area contributed by atoms with Gasteiger partial charge in [-0.25, -0.2) is 4.79 Å².